The average molecular weight is 256 g/mol. The van der Waals surface area contributed by atoms with Crippen LogP contribution in [0, 0.1) is 0 Å². The summed E-state index contributed by atoms with van der Waals surface area (Å²) in [5.74, 6) is 3.04. The van der Waals surface area contributed by atoms with Crippen molar-refractivity contribution >= 4 is 15.9 Å². The van der Waals surface area contributed by atoms with Crippen LogP contribution in [0.5, 0.6) is 0 Å². The predicted molar refractivity (Wildman–Crippen MR) is 58.2 cm³/mol. The Morgan fingerprint density at radius 3 is 2.71 bits per heavy atom. The van der Waals surface area contributed by atoms with Gasteiger partial charge in [-0.1, -0.05) is 12.8 Å². The molecule has 0 bridgehead atoms. The molecule has 0 saturated heterocycles. The smallest absolute Gasteiger partial charge is 0.123 e. The minimum absolute atomic E-state index is 0.676. The SMILES string of the molecule is Brc1c(C2CCCC2)oc2c1CNC2. The Hall–Kier alpha value is -0.280. The monoisotopic (exact) mass is 255 g/mol. The summed E-state index contributed by atoms with van der Waals surface area (Å²) in [7, 11) is 0. The maximum Gasteiger partial charge on any atom is 0.123 e. The Morgan fingerprint density at radius 1 is 1.21 bits per heavy atom. The second kappa shape index (κ2) is 3.38. The third-order valence-corrected chi connectivity index (χ3v) is 4.23. The molecule has 0 spiro atoms. The largest absolute Gasteiger partial charge is 0.463 e. The van der Waals surface area contributed by atoms with Gasteiger partial charge in [0, 0.05) is 18.0 Å². The van der Waals surface area contributed by atoms with Gasteiger partial charge >= 0.3 is 0 Å². The molecule has 3 rings (SSSR count). The Balaban J connectivity index is 1.98. The van der Waals surface area contributed by atoms with Crippen molar-refractivity contribution in [3.8, 4) is 0 Å². The summed E-state index contributed by atoms with van der Waals surface area (Å²) in [6.07, 6.45) is 5.33. The molecule has 1 saturated carbocycles. The van der Waals surface area contributed by atoms with E-state index in [0.29, 0.717) is 5.92 Å². The van der Waals surface area contributed by atoms with Crippen LogP contribution in [0.4, 0.5) is 0 Å². The lowest BCUT2D eigenvalue weighted by Crippen LogP contribution is -2.02. The first-order chi connectivity index (χ1) is 6.86. The fourth-order valence-electron chi connectivity index (χ4n) is 2.58. The van der Waals surface area contributed by atoms with Gasteiger partial charge in [-0.15, -0.1) is 0 Å². The first kappa shape index (κ1) is 8.98. The summed E-state index contributed by atoms with van der Waals surface area (Å²) in [4.78, 5) is 0. The van der Waals surface area contributed by atoms with E-state index in [0.717, 1.165) is 18.8 Å². The lowest BCUT2D eigenvalue weighted by atomic mass is 10.1. The summed E-state index contributed by atoms with van der Waals surface area (Å²) in [5.41, 5.74) is 1.35. The number of hydrogen-bond acceptors (Lipinski definition) is 2. The highest BCUT2D eigenvalue weighted by molar-refractivity contribution is 9.10. The molecule has 0 unspecified atom stereocenters. The van der Waals surface area contributed by atoms with Crippen LogP contribution in [0.15, 0.2) is 8.89 Å². The standard InChI is InChI=1S/C11H14BrNO/c12-10-8-5-13-6-9(8)14-11(10)7-3-1-2-4-7/h7,13H,1-6H2. The normalized spacial score (nSPS) is 21.8. The van der Waals surface area contributed by atoms with E-state index in [1.165, 1.54) is 41.5 Å². The fourth-order valence-corrected chi connectivity index (χ4v) is 3.35. The number of fused-ring (bicyclic) bond motifs is 1. The highest BCUT2D eigenvalue weighted by Gasteiger charge is 2.28. The summed E-state index contributed by atoms with van der Waals surface area (Å²) in [6.45, 7) is 1.87. The van der Waals surface area contributed by atoms with Crippen molar-refractivity contribution in [1.82, 2.24) is 5.32 Å². The Kier molecular flexibility index (Phi) is 2.17. The van der Waals surface area contributed by atoms with Crippen molar-refractivity contribution in [3.05, 3.63) is 21.6 Å². The maximum atomic E-state index is 5.93. The van der Waals surface area contributed by atoms with Crippen molar-refractivity contribution in [1.29, 1.82) is 0 Å². The van der Waals surface area contributed by atoms with Crippen LogP contribution in [0.3, 0.4) is 0 Å². The third-order valence-electron chi connectivity index (χ3n) is 3.36. The molecule has 76 valence electrons. The molecule has 0 atom stereocenters. The molecule has 1 aliphatic carbocycles. The Bertz CT molecular complexity index is 352. The molecule has 14 heavy (non-hydrogen) atoms. The average Bonchev–Trinajstić information content (AvgIpc) is 2.84. The van der Waals surface area contributed by atoms with E-state index < -0.39 is 0 Å². The molecule has 1 fully saturated rings. The van der Waals surface area contributed by atoms with Gasteiger partial charge in [-0.05, 0) is 28.8 Å². The van der Waals surface area contributed by atoms with Crippen molar-refractivity contribution in [3.63, 3.8) is 0 Å². The summed E-state index contributed by atoms with van der Waals surface area (Å²) in [5, 5.41) is 3.30. The van der Waals surface area contributed by atoms with E-state index in [2.05, 4.69) is 21.2 Å². The van der Waals surface area contributed by atoms with E-state index in [9.17, 15) is 0 Å². The highest BCUT2D eigenvalue weighted by Crippen LogP contribution is 2.42. The minimum atomic E-state index is 0.676. The molecule has 0 amide bonds. The van der Waals surface area contributed by atoms with Gasteiger partial charge in [-0.25, -0.2) is 0 Å². The zero-order chi connectivity index (χ0) is 9.54. The molecular formula is C11H14BrNO. The number of nitrogens with one attached hydrogen (secondary N) is 1. The zero-order valence-electron chi connectivity index (χ0n) is 8.11. The van der Waals surface area contributed by atoms with Crippen LogP contribution in [-0.2, 0) is 13.1 Å². The summed E-state index contributed by atoms with van der Waals surface area (Å²) < 4.78 is 7.17. The van der Waals surface area contributed by atoms with Crippen molar-refractivity contribution in [2.45, 2.75) is 44.7 Å². The van der Waals surface area contributed by atoms with E-state index >= 15 is 0 Å². The minimum Gasteiger partial charge on any atom is -0.463 e. The first-order valence-electron chi connectivity index (χ1n) is 5.37. The number of furan rings is 1. The number of hydrogen-bond donors (Lipinski definition) is 1. The molecular weight excluding hydrogens is 242 g/mol. The lowest BCUT2D eigenvalue weighted by molar-refractivity contribution is 0.427. The zero-order valence-corrected chi connectivity index (χ0v) is 9.69. The fraction of sp³-hybridized carbons (Fsp3) is 0.636. The van der Waals surface area contributed by atoms with Crippen LogP contribution < -0.4 is 5.32 Å². The van der Waals surface area contributed by atoms with E-state index in [1.54, 1.807) is 0 Å². The van der Waals surface area contributed by atoms with Crippen LogP contribution in [-0.4, -0.2) is 0 Å². The van der Waals surface area contributed by atoms with Crippen LogP contribution in [0.1, 0.15) is 48.7 Å². The van der Waals surface area contributed by atoms with Crippen LogP contribution >= 0.6 is 15.9 Å². The third kappa shape index (κ3) is 1.26. The molecule has 0 radical (unpaired) electrons. The Morgan fingerprint density at radius 2 is 2.00 bits per heavy atom. The van der Waals surface area contributed by atoms with E-state index in [1.807, 2.05) is 0 Å². The van der Waals surface area contributed by atoms with Gasteiger partial charge in [-0.3, -0.25) is 0 Å². The quantitative estimate of drug-likeness (QED) is 0.833. The predicted octanol–water partition coefficient (Wildman–Crippen LogP) is 3.30. The van der Waals surface area contributed by atoms with Gasteiger partial charge in [0.15, 0.2) is 0 Å². The van der Waals surface area contributed by atoms with Gasteiger partial charge in [0.25, 0.3) is 0 Å². The second-order valence-electron chi connectivity index (χ2n) is 4.27. The number of rotatable bonds is 1. The molecule has 1 aromatic rings. The van der Waals surface area contributed by atoms with Gasteiger partial charge in [-0.2, -0.15) is 0 Å². The molecule has 2 nitrogen and oxygen atoms in total. The highest BCUT2D eigenvalue weighted by atomic mass is 79.9. The van der Waals surface area contributed by atoms with Crippen molar-refractivity contribution in [2.24, 2.45) is 0 Å². The van der Waals surface area contributed by atoms with E-state index in [4.69, 9.17) is 4.42 Å². The maximum absolute atomic E-state index is 5.93. The Labute approximate surface area is 92.2 Å². The van der Waals surface area contributed by atoms with Crippen LogP contribution in [0.25, 0.3) is 0 Å². The van der Waals surface area contributed by atoms with Crippen molar-refractivity contribution in [2.75, 3.05) is 0 Å². The first-order valence-corrected chi connectivity index (χ1v) is 6.16. The van der Waals surface area contributed by atoms with E-state index in [-0.39, 0.29) is 0 Å². The van der Waals surface area contributed by atoms with Gasteiger partial charge in [0.1, 0.15) is 11.5 Å². The topological polar surface area (TPSA) is 25.2 Å². The van der Waals surface area contributed by atoms with Gasteiger partial charge in [0.2, 0.25) is 0 Å². The molecule has 2 heterocycles. The van der Waals surface area contributed by atoms with Gasteiger partial charge in [0.05, 0.1) is 11.0 Å². The number of halogens is 1. The van der Waals surface area contributed by atoms with Crippen LogP contribution in [0.2, 0.25) is 0 Å². The molecule has 3 heteroatoms. The van der Waals surface area contributed by atoms with Crippen molar-refractivity contribution < 1.29 is 4.42 Å². The summed E-state index contributed by atoms with van der Waals surface area (Å²) >= 11 is 3.68. The molecule has 1 N–H and O–H groups in total. The van der Waals surface area contributed by atoms with Gasteiger partial charge < -0.3 is 9.73 Å². The summed E-state index contributed by atoms with van der Waals surface area (Å²) in [6, 6.07) is 0. The molecule has 2 aliphatic rings. The lowest BCUT2D eigenvalue weighted by Gasteiger charge is -2.06. The second-order valence-corrected chi connectivity index (χ2v) is 5.06. The molecule has 1 aliphatic heterocycles. The molecule has 0 aromatic carbocycles. The molecule has 1 aromatic heterocycles.